The summed E-state index contributed by atoms with van der Waals surface area (Å²) in [6.07, 6.45) is 0. The molecule has 140 valence electrons. The van der Waals surface area contributed by atoms with Crippen LogP contribution in [0.15, 0.2) is 91.0 Å². The third-order valence-electron chi connectivity index (χ3n) is 5.21. The summed E-state index contributed by atoms with van der Waals surface area (Å²) in [6.45, 7) is 0. The molecule has 5 aromatic rings. The van der Waals surface area contributed by atoms with E-state index in [4.69, 9.17) is 4.74 Å². The van der Waals surface area contributed by atoms with Crippen LogP contribution < -0.4 is 4.74 Å². The fourth-order valence-electron chi connectivity index (χ4n) is 3.77. The first-order chi connectivity index (χ1) is 14.3. The van der Waals surface area contributed by atoms with Crippen LogP contribution >= 0.6 is 11.3 Å². The van der Waals surface area contributed by atoms with Crippen molar-refractivity contribution < 1.29 is 9.53 Å². The largest absolute Gasteiger partial charge is 0.497 e. The minimum Gasteiger partial charge on any atom is -0.497 e. The fraction of sp³-hybridized carbons (Fsp3) is 0.0385. The highest BCUT2D eigenvalue weighted by molar-refractivity contribution is 7.22. The highest BCUT2D eigenvalue weighted by Gasteiger charge is 2.22. The van der Waals surface area contributed by atoms with Crippen molar-refractivity contribution in [1.29, 1.82) is 0 Å². The third-order valence-corrected chi connectivity index (χ3v) is 6.43. The monoisotopic (exact) mass is 394 g/mol. The Labute approximate surface area is 173 Å². The number of ether oxygens (including phenoxy) is 1. The second-order valence-corrected chi connectivity index (χ2v) is 7.94. The molecule has 0 aliphatic heterocycles. The number of benzene rings is 4. The Kier molecular flexibility index (Phi) is 4.38. The van der Waals surface area contributed by atoms with Crippen LogP contribution in [0, 0.1) is 0 Å². The lowest BCUT2D eigenvalue weighted by molar-refractivity contribution is 0.104. The van der Waals surface area contributed by atoms with Gasteiger partial charge in [-0.15, -0.1) is 11.3 Å². The van der Waals surface area contributed by atoms with Crippen LogP contribution in [0.2, 0.25) is 0 Å². The van der Waals surface area contributed by atoms with Gasteiger partial charge in [-0.3, -0.25) is 4.79 Å². The summed E-state index contributed by atoms with van der Waals surface area (Å²) in [6, 6.07) is 30.0. The molecule has 0 aliphatic carbocycles. The lowest BCUT2D eigenvalue weighted by atomic mass is 9.94. The van der Waals surface area contributed by atoms with E-state index in [0.717, 1.165) is 48.2 Å². The normalized spacial score (nSPS) is 11.1. The molecule has 5 rings (SSSR count). The van der Waals surface area contributed by atoms with Crippen molar-refractivity contribution in [3.05, 3.63) is 102 Å². The van der Waals surface area contributed by atoms with E-state index in [0.29, 0.717) is 0 Å². The van der Waals surface area contributed by atoms with E-state index in [1.807, 2.05) is 84.9 Å². The number of carbonyl (C=O) groups is 1. The van der Waals surface area contributed by atoms with Gasteiger partial charge in [0.1, 0.15) is 5.75 Å². The van der Waals surface area contributed by atoms with Gasteiger partial charge in [-0.1, -0.05) is 60.7 Å². The fourth-order valence-corrected chi connectivity index (χ4v) is 4.98. The maximum atomic E-state index is 13.8. The van der Waals surface area contributed by atoms with Gasteiger partial charge in [-0.25, -0.2) is 0 Å². The van der Waals surface area contributed by atoms with Gasteiger partial charge in [0.15, 0.2) is 5.78 Å². The third kappa shape index (κ3) is 3.00. The summed E-state index contributed by atoms with van der Waals surface area (Å²) >= 11 is 1.66. The molecule has 2 nitrogen and oxygen atoms in total. The van der Waals surface area contributed by atoms with Gasteiger partial charge < -0.3 is 4.74 Å². The molecule has 0 aliphatic rings. The molecule has 1 heterocycles. The summed E-state index contributed by atoms with van der Waals surface area (Å²) in [5.41, 5.74) is 2.53. The van der Waals surface area contributed by atoms with Gasteiger partial charge in [0, 0.05) is 26.1 Å². The zero-order valence-electron chi connectivity index (χ0n) is 15.9. The number of fused-ring (bicyclic) bond motifs is 2. The first-order valence-electron chi connectivity index (χ1n) is 9.44. The second kappa shape index (κ2) is 7.19. The zero-order valence-corrected chi connectivity index (χ0v) is 16.7. The Bertz CT molecular complexity index is 1340. The Morgan fingerprint density at radius 2 is 1.45 bits per heavy atom. The smallest absolute Gasteiger partial charge is 0.195 e. The molecule has 29 heavy (non-hydrogen) atoms. The molecule has 0 amide bonds. The molecular formula is C26H18O2S. The maximum Gasteiger partial charge on any atom is 0.195 e. The average molecular weight is 394 g/mol. The van der Waals surface area contributed by atoms with Crippen molar-refractivity contribution in [2.45, 2.75) is 0 Å². The van der Waals surface area contributed by atoms with E-state index in [9.17, 15) is 4.79 Å². The highest BCUT2D eigenvalue weighted by atomic mass is 32.1. The molecule has 3 heteroatoms. The lowest BCUT2D eigenvalue weighted by Crippen LogP contribution is -2.03. The molecule has 0 saturated carbocycles. The predicted molar refractivity (Wildman–Crippen MR) is 121 cm³/mol. The van der Waals surface area contributed by atoms with Crippen molar-refractivity contribution in [3.8, 4) is 16.2 Å². The van der Waals surface area contributed by atoms with Gasteiger partial charge in [-0.2, -0.15) is 0 Å². The number of methoxy groups -OCH3 is 1. The van der Waals surface area contributed by atoms with Crippen LogP contribution in [0.1, 0.15) is 15.9 Å². The van der Waals surface area contributed by atoms with Crippen molar-refractivity contribution in [3.63, 3.8) is 0 Å². The van der Waals surface area contributed by atoms with Crippen LogP contribution in [-0.2, 0) is 0 Å². The minimum atomic E-state index is 0.0602. The first kappa shape index (κ1) is 17.7. The van der Waals surface area contributed by atoms with Gasteiger partial charge in [-0.05, 0) is 46.7 Å². The van der Waals surface area contributed by atoms with E-state index in [1.165, 1.54) is 0 Å². The minimum absolute atomic E-state index is 0.0602. The summed E-state index contributed by atoms with van der Waals surface area (Å²) in [5, 5.41) is 3.06. The van der Waals surface area contributed by atoms with E-state index < -0.39 is 0 Å². The van der Waals surface area contributed by atoms with E-state index >= 15 is 0 Å². The Hall–Kier alpha value is -3.43. The van der Waals surface area contributed by atoms with Gasteiger partial charge in [0.2, 0.25) is 0 Å². The number of hydrogen-bond acceptors (Lipinski definition) is 3. The lowest BCUT2D eigenvalue weighted by Gasteiger charge is -2.09. The summed E-state index contributed by atoms with van der Waals surface area (Å²) in [7, 11) is 1.66. The number of ketones is 1. The summed E-state index contributed by atoms with van der Waals surface area (Å²) < 4.78 is 6.41. The quantitative estimate of drug-likeness (QED) is 0.308. The average Bonchev–Trinajstić information content (AvgIpc) is 3.18. The zero-order chi connectivity index (χ0) is 19.8. The number of thiophene rings is 1. The van der Waals surface area contributed by atoms with Crippen molar-refractivity contribution in [1.82, 2.24) is 0 Å². The van der Waals surface area contributed by atoms with Crippen LogP contribution in [-0.4, -0.2) is 12.9 Å². The standard InChI is InChI=1S/C26H18O2S/c1-28-19-15-13-18(14-16-19)26-24(22-10-4-5-12-23(22)29-26)25(27)21-11-6-8-17-7-2-3-9-20(17)21/h2-16H,1H3. The Morgan fingerprint density at radius 1 is 0.759 bits per heavy atom. The second-order valence-electron chi connectivity index (χ2n) is 6.89. The molecule has 4 aromatic carbocycles. The van der Waals surface area contributed by atoms with Gasteiger partial charge in [0.25, 0.3) is 0 Å². The number of hydrogen-bond donors (Lipinski definition) is 0. The molecular weight excluding hydrogens is 376 g/mol. The Balaban J connectivity index is 1.76. The summed E-state index contributed by atoms with van der Waals surface area (Å²) in [5.74, 6) is 0.863. The van der Waals surface area contributed by atoms with Crippen LogP contribution in [0.25, 0.3) is 31.3 Å². The molecule has 0 radical (unpaired) electrons. The summed E-state index contributed by atoms with van der Waals surface area (Å²) in [4.78, 5) is 14.8. The predicted octanol–water partition coefficient (Wildman–Crippen LogP) is 6.96. The van der Waals surface area contributed by atoms with Crippen molar-refractivity contribution in [2.24, 2.45) is 0 Å². The van der Waals surface area contributed by atoms with E-state index in [2.05, 4.69) is 6.07 Å². The molecule has 0 fully saturated rings. The highest BCUT2D eigenvalue weighted by Crippen LogP contribution is 2.40. The molecule has 0 bridgehead atoms. The molecule has 0 N–H and O–H groups in total. The van der Waals surface area contributed by atoms with Crippen molar-refractivity contribution in [2.75, 3.05) is 7.11 Å². The first-order valence-corrected chi connectivity index (χ1v) is 10.3. The molecule has 1 aromatic heterocycles. The number of carbonyl (C=O) groups excluding carboxylic acids is 1. The maximum absolute atomic E-state index is 13.8. The molecule has 0 atom stereocenters. The number of rotatable bonds is 4. The molecule has 0 spiro atoms. The van der Waals surface area contributed by atoms with Crippen molar-refractivity contribution >= 4 is 38.0 Å². The Morgan fingerprint density at radius 3 is 2.24 bits per heavy atom. The van der Waals surface area contributed by atoms with Crippen LogP contribution in [0.4, 0.5) is 0 Å². The topological polar surface area (TPSA) is 26.3 Å². The van der Waals surface area contributed by atoms with Crippen LogP contribution in [0.3, 0.4) is 0 Å². The SMILES string of the molecule is COc1ccc(-c2sc3ccccc3c2C(=O)c2cccc3ccccc23)cc1. The molecule has 0 saturated heterocycles. The van der Waals surface area contributed by atoms with E-state index in [-0.39, 0.29) is 5.78 Å². The van der Waals surface area contributed by atoms with Gasteiger partial charge >= 0.3 is 0 Å². The molecule has 0 unspecified atom stereocenters. The van der Waals surface area contributed by atoms with E-state index in [1.54, 1.807) is 18.4 Å². The van der Waals surface area contributed by atoms with Gasteiger partial charge in [0.05, 0.1) is 7.11 Å². The van der Waals surface area contributed by atoms with Crippen LogP contribution in [0.5, 0.6) is 5.75 Å².